The van der Waals surface area contributed by atoms with E-state index in [9.17, 15) is 97.4 Å². The lowest BCUT2D eigenvalue weighted by Gasteiger charge is -2.42. The molecule has 0 amide bonds. The molecule has 0 radical (unpaired) electrons. The molecule has 0 heterocycles. The Morgan fingerprint density at radius 2 is 0.647 bits per heavy atom. The van der Waals surface area contributed by atoms with Crippen molar-refractivity contribution in [3.63, 3.8) is 0 Å². The SMILES string of the molecule is O=C(CC(=O)C(F)(F)C(F)(F)C(F)(F)C(F)(F)C(F)(F)C(F)(F)C(F)(F)C(F)(F)F)C(F)(F)F. The van der Waals surface area contributed by atoms with Gasteiger partial charge in [0.1, 0.15) is 0 Å². The maximum absolute atomic E-state index is 13.3. The van der Waals surface area contributed by atoms with E-state index in [1.54, 1.807) is 0 Å². The van der Waals surface area contributed by atoms with E-state index in [2.05, 4.69) is 0 Å². The van der Waals surface area contributed by atoms with Crippen LogP contribution in [0.4, 0.5) is 87.8 Å². The summed E-state index contributed by atoms with van der Waals surface area (Å²) >= 11 is 0. The lowest BCUT2D eigenvalue weighted by Crippen LogP contribution is -2.75. The summed E-state index contributed by atoms with van der Waals surface area (Å²) < 4.78 is 255. The molecule has 0 aliphatic rings. The second-order valence-electron chi connectivity index (χ2n) is 6.04. The molecular formula is C12H2F20O2. The summed E-state index contributed by atoms with van der Waals surface area (Å²) in [4.78, 5) is 21.1. The fraction of sp³-hybridized carbons (Fsp3) is 0.833. The summed E-state index contributed by atoms with van der Waals surface area (Å²) in [6.45, 7) is 0. The van der Waals surface area contributed by atoms with Crippen LogP contribution in [-0.2, 0) is 9.59 Å². The van der Waals surface area contributed by atoms with Crippen LogP contribution in [0.15, 0.2) is 0 Å². The van der Waals surface area contributed by atoms with Crippen LogP contribution in [0.3, 0.4) is 0 Å². The molecule has 0 N–H and O–H groups in total. The minimum atomic E-state index is -8.99. The van der Waals surface area contributed by atoms with Crippen LogP contribution in [0, 0.1) is 0 Å². The van der Waals surface area contributed by atoms with Gasteiger partial charge in [-0.2, -0.15) is 87.8 Å². The van der Waals surface area contributed by atoms with E-state index in [0.29, 0.717) is 0 Å². The molecule has 0 unspecified atom stereocenters. The van der Waals surface area contributed by atoms with Crippen molar-refractivity contribution in [1.29, 1.82) is 0 Å². The van der Waals surface area contributed by atoms with Crippen molar-refractivity contribution in [1.82, 2.24) is 0 Å². The van der Waals surface area contributed by atoms with Crippen LogP contribution < -0.4 is 0 Å². The number of carbonyl (C=O) groups is 2. The van der Waals surface area contributed by atoms with Gasteiger partial charge in [-0.15, -0.1) is 0 Å². The van der Waals surface area contributed by atoms with E-state index in [-0.39, 0.29) is 0 Å². The van der Waals surface area contributed by atoms with Crippen LogP contribution in [0.2, 0.25) is 0 Å². The first-order chi connectivity index (χ1) is 14.3. The molecule has 0 aromatic rings. The standard InChI is InChI=1S/C12H2F20O2/c13-4(14,2(33)1-3(34)5(15,16)17)6(18,19)7(20,21)8(22,23)9(24,25)10(26,27)11(28,29)12(30,31)32/h1H2. The first kappa shape index (κ1) is 31.9. The molecule has 0 saturated heterocycles. The van der Waals surface area contributed by atoms with Gasteiger partial charge in [0.25, 0.3) is 0 Å². The third-order valence-electron chi connectivity index (χ3n) is 3.71. The third kappa shape index (κ3) is 4.24. The van der Waals surface area contributed by atoms with Crippen molar-refractivity contribution in [3.8, 4) is 0 Å². The smallest absolute Gasteiger partial charge is 0.292 e. The Balaban J connectivity index is 6.72. The molecule has 2 nitrogen and oxygen atoms in total. The average Bonchev–Trinajstić information content (AvgIpc) is 2.58. The molecular weight excluding hydrogens is 556 g/mol. The van der Waals surface area contributed by atoms with Gasteiger partial charge in [-0.05, 0) is 0 Å². The largest absolute Gasteiger partial charge is 0.460 e. The second kappa shape index (κ2) is 7.98. The van der Waals surface area contributed by atoms with Gasteiger partial charge in [0.15, 0.2) is 0 Å². The number of hydrogen-bond acceptors (Lipinski definition) is 2. The van der Waals surface area contributed by atoms with Gasteiger partial charge in [0, 0.05) is 0 Å². The van der Waals surface area contributed by atoms with E-state index in [1.807, 2.05) is 0 Å². The van der Waals surface area contributed by atoms with Gasteiger partial charge in [-0.1, -0.05) is 0 Å². The van der Waals surface area contributed by atoms with Crippen molar-refractivity contribution in [3.05, 3.63) is 0 Å². The lowest BCUT2D eigenvalue weighted by molar-refractivity contribution is -0.459. The average molecular weight is 558 g/mol. The summed E-state index contributed by atoms with van der Waals surface area (Å²) in [5, 5.41) is 0. The monoisotopic (exact) mass is 558 g/mol. The Bertz CT molecular complexity index is 799. The number of halogens is 20. The number of Topliss-reactive ketones (excluding diaryl/α,β-unsaturated/α-hetero) is 2. The van der Waals surface area contributed by atoms with Crippen molar-refractivity contribution in [2.75, 3.05) is 0 Å². The number of hydrogen-bond donors (Lipinski definition) is 0. The number of rotatable bonds is 9. The summed E-state index contributed by atoms with van der Waals surface area (Å²) in [7, 11) is 0. The third-order valence-corrected chi connectivity index (χ3v) is 3.71. The molecule has 0 saturated carbocycles. The van der Waals surface area contributed by atoms with Crippen LogP contribution in [-0.4, -0.2) is 65.4 Å². The molecule has 0 fully saturated rings. The van der Waals surface area contributed by atoms with Crippen molar-refractivity contribution < 1.29 is 97.4 Å². The Labute approximate surface area is 170 Å². The molecule has 0 aromatic carbocycles. The van der Waals surface area contributed by atoms with Gasteiger partial charge < -0.3 is 0 Å². The first-order valence-corrected chi connectivity index (χ1v) is 7.14. The van der Waals surface area contributed by atoms with E-state index in [1.165, 1.54) is 0 Å². The molecule has 0 aliphatic heterocycles. The molecule has 22 heteroatoms. The van der Waals surface area contributed by atoms with Crippen LogP contribution in [0.1, 0.15) is 6.42 Å². The highest BCUT2D eigenvalue weighted by Gasteiger charge is 2.95. The molecule has 34 heavy (non-hydrogen) atoms. The Morgan fingerprint density at radius 3 is 0.912 bits per heavy atom. The zero-order valence-electron chi connectivity index (χ0n) is 14.6. The highest BCUT2D eigenvalue weighted by atomic mass is 19.4. The number of carbonyl (C=O) groups excluding carboxylic acids is 2. The second-order valence-corrected chi connectivity index (χ2v) is 6.04. The summed E-state index contributed by atoms with van der Waals surface area (Å²) in [6.07, 6.45) is -17.8. The predicted molar refractivity (Wildman–Crippen MR) is 61.4 cm³/mol. The van der Waals surface area contributed by atoms with Gasteiger partial charge in [-0.25, -0.2) is 0 Å². The molecule has 202 valence electrons. The van der Waals surface area contributed by atoms with Gasteiger partial charge in [-0.3, -0.25) is 9.59 Å². The highest BCUT2D eigenvalue weighted by molar-refractivity contribution is 6.04. The van der Waals surface area contributed by atoms with Crippen molar-refractivity contribution >= 4 is 11.6 Å². The number of ketones is 2. The van der Waals surface area contributed by atoms with Gasteiger partial charge in [0.05, 0.1) is 6.42 Å². The Kier molecular flexibility index (Phi) is 7.50. The van der Waals surface area contributed by atoms with Crippen molar-refractivity contribution in [2.24, 2.45) is 0 Å². The van der Waals surface area contributed by atoms with Gasteiger partial charge >= 0.3 is 53.8 Å². The topological polar surface area (TPSA) is 34.1 Å². The minimum absolute atomic E-state index is 3.54. The molecule has 0 aromatic heterocycles. The molecule has 0 spiro atoms. The van der Waals surface area contributed by atoms with E-state index < -0.39 is 71.8 Å². The summed E-state index contributed by atoms with van der Waals surface area (Å²) in [5.41, 5.74) is 0. The normalized spacial score (nSPS) is 16.0. The molecule has 0 aliphatic carbocycles. The Hall–Kier alpha value is -2.06. The van der Waals surface area contributed by atoms with Crippen LogP contribution >= 0.6 is 0 Å². The van der Waals surface area contributed by atoms with E-state index in [4.69, 9.17) is 0 Å². The van der Waals surface area contributed by atoms with E-state index >= 15 is 0 Å². The number of alkyl halides is 20. The zero-order valence-corrected chi connectivity index (χ0v) is 14.6. The summed E-state index contributed by atoms with van der Waals surface area (Å²) in [5.74, 6) is -68.2. The molecule has 0 bridgehead atoms. The molecule has 0 rings (SSSR count). The summed E-state index contributed by atoms with van der Waals surface area (Å²) in [6, 6.07) is 0. The van der Waals surface area contributed by atoms with Crippen LogP contribution in [0.5, 0.6) is 0 Å². The molecule has 0 atom stereocenters. The highest BCUT2D eigenvalue weighted by Crippen LogP contribution is 2.64. The lowest BCUT2D eigenvalue weighted by atomic mass is 9.87. The maximum Gasteiger partial charge on any atom is 0.460 e. The zero-order chi connectivity index (χ0) is 28.4. The van der Waals surface area contributed by atoms with Crippen LogP contribution in [0.25, 0.3) is 0 Å². The quantitative estimate of drug-likeness (QED) is 0.254. The first-order valence-electron chi connectivity index (χ1n) is 7.14. The van der Waals surface area contributed by atoms with Gasteiger partial charge in [0.2, 0.25) is 11.6 Å². The minimum Gasteiger partial charge on any atom is -0.292 e. The predicted octanol–water partition coefficient (Wildman–Crippen LogP) is 6.09. The Morgan fingerprint density at radius 1 is 0.382 bits per heavy atom. The fourth-order valence-electron chi connectivity index (χ4n) is 1.70. The van der Waals surface area contributed by atoms with E-state index in [0.717, 1.165) is 0 Å². The van der Waals surface area contributed by atoms with Crippen molar-refractivity contribution in [2.45, 2.75) is 60.2 Å². The maximum atomic E-state index is 13.3. The fourth-order valence-corrected chi connectivity index (χ4v) is 1.70.